The van der Waals surface area contributed by atoms with E-state index in [9.17, 15) is 22.4 Å². The molecule has 162 valence electrons. The maximum absolute atomic E-state index is 13.7. The van der Waals surface area contributed by atoms with E-state index in [-0.39, 0.29) is 17.6 Å². The second-order valence-corrected chi connectivity index (χ2v) is 7.49. The first kappa shape index (κ1) is 21.8. The molecule has 1 amide bonds. The Morgan fingerprint density at radius 3 is 2.37 bits per heavy atom. The van der Waals surface area contributed by atoms with Gasteiger partial charge < -0.3 is 15.5 Å². The summed E-state index contributed by atoms with van der Waals surface area (Å²) < 4.78 is 51.7. The Bertz CT molecular complexity index is 895. The van der Waals surface area contributed by atoms with Gasteiger partial charge in [-0.25, -0.2) is 9.37 Å². The smallest absolute Gasteiger partial charge is 0.363 e. The van der Waals surface area contributed by atoms with Crippen LogP contribution in [0.5, 0.6) is 0 Å². The zero-order valence-electron chi connectivity index (χ0n) is 16.6. The number of carbonyl (C=O) groups is 1. The summed E-state index contributed by atoms with van der Waals surface area (Å²) in [6.45, 7) is 0. The van der Waals surface area contributed by atoms with Crippen molar-refractivity contribution in [2.45, 2.75) is 43.9 Å². The Morgan fingerprint density at radius 2 is 1.77 bits per heavy atom. The molecule has 2 N–H and O–H groups in total. The molecule has 0 atom stereocenters. The molecule has 1 heterocycles. The van der Waals surface area contributed by atoms with Gasteiger partial charge in [0.15, 0.2) is 0 Å². The monoisotopic (exact) mass is 425 g/mol. The number of alkyl halides is 3. The first-order valence-corrected chi connectivity index (χ1v) is 9.58. The first-order valence-electron chi connectivity index (χ1n) is 9.58. The van der Waals surface area contributed by atoms with Crippen LogP contribution in [0.3, 0.4) is 0 Å². The highest BCUT2D eigenvalue weighted by Gasteiger charge is 2.34. The van der Waals surface area contributed by atoms with Crippen LogP contribution in [-0.2, 0) is 6.18 Å². The normalized spacial score (nSPS) is 19.3. The van der Waals surface area contributed by atoms with Crippen molar-refractivity contribution in [1.29, 1.82) is 0 Å². The summed E-state index contributed by atoms with van der Waals surface area (Å²) >= 11 is 0. The van der Waals surface area contributed by atoms with Crippen molar-refractivity contribution in [3.63, 3.8) is 0 Å². The third kappa shape index (κ3) is 5.37. The summed E-state index contributed by atoms with van der Waals surface area (Å²) in [7, 11) is 3.78. The average Bonchev–Trinajstić information content (AvgIpc) is 2.68. The highest BCUT2D eigenvalue weighted by Crippen LogP contribution is 2.31. The number of nitrogens with one attached hydrogen (secondary N) is 2. The van der Waals surface area contributed by atoms with Crippen molar-refractivity contribution in [3.05, 3.63) is 47.4 Å². The summed E-state index contributed by atoms with van der Waals surface area (Å²) in [5.74, 6) is -0.713. The number of nitrogens with zero attached hydrogens (tertiary/aromatic N) is 3. The lowest BCUT2D eigenvalue weighted by Crippen LogP contribution is -2.40. The molecule has 0 aliphatic heterocycles. The van der Waals surface area contributed by atoms with Gasteiger partial charge in [-0.1, -0.05) is 0 Å². The quantitative estimate of drug-likeness (QED) is 0.712. The van der Waals surface area contributed by atoms with Crippen molar-refractivity contribution in [3.8, 4) is 0 Å². The van der Waals surface area contributed by atoms with E-state index in [0.717, 1.165) is 24.7 Å². The lowest BCUT2D eigenvalue weighted by Gasteiger charge is -2.29. The van der Waals surface area contributed by atoms with Crippen LogP contribution < -0.4 is 15.5 Å². The summed E-state index contributed by atoms with van der Waals surface area (Å²) in [6, 6.07) is 4.03. The van der Waals surface area contributed by atoms with Gasteiger partial charge in [-0.3, -0.25) is 4.79 Å². The number of anilines is 2. The van der Waals surface area contributed by atoms with E-state index in [0.29, 0.717) is 30.9 Å². The van der Waals surface area contributed by atoms with Gasteiger partial charge in [0.2, 0.25) is 5.95 Å². The number of halogens is 4. The lowest BCUT2D eigenvalue weighted by molar-refractivity contribution is -0.140. The molecule has 1 saturated carbocycles. The first-order chi connectivity index (χ1) is 14.1. The van der Waals surface area contributed by atoms with Crippen LogP contribution in [0.1, 0.15) is 41.6 Å². The van der Waals surface area contributed by atoms with Crippen molar-refractivity contribution >= 4 is 17.7 Å². The second-order valence-electron chi connectivity index (χ2n) is 7.49. The van der Waals surface area contributed by atoms with E-state index in [1.54, 1.807) is 6.20 Å². The topological polar surface area (TPSA) is 70.2 Å². The molecule has 0 unspecified atom stereocenters. The highest BCUT2D eigenvalue weighted by molar-refractivity contribution is 5.94. The molecular weight excluding hydrogens is 402 g/mol. The minimum Gasteiger partial charge on any atom is -0.363 e. The molecule has 0 radical (unpaired) electrons. The predicted molar refractivity (Wildman–Crippen MR) is 105 cm³/mol. The number of amides is 1. The Morgan fingerprint density at radius 1 is 1.10 bits per heavy atom. The molecule has 30 heavy (non-hydrogen) atoms. The predicted octanol–water partition coefficient (Wildman–Crippen LogP) is 3.85. The number of aromatic nitrogens is 2. The van der Waals surface area contributed by atoms with Gasteiger partial charge >= 0.3 is 6.18 Å². The highest BCUT2D eigenvalue weighted by atomic mass is 19.4. The second kappa shape index (κ2) is 8.85. The SMILES string of the molecule is CN(C)c1ccnc(N[C@H]2CC[C@@H](NC(=O)c3ccc(C(F)(F)F)c(F)c3)CC2)n1. The molecule has 1 aliphatic carbocycles. The van der Waals surface area contributed by atoms with Crippen LogP contribution >= 0.6 is 0 Å². The average molecular weight is 425 g/mol. The van der Waals surface area contributed by atoms with Crippen LogP contribution in [0.2, 0.25) is 0 Å². The summed E-state index contributed by atoms with van der Waals surface area (Å²) in [5.41, 5.74) is -1.51. The van der Waals surface area contributed by atoms with Gasteiger partial charge in [-0.2, -0.15) is 18.2 Å². The number of benzene rings is 1. The third-order valence-corrected chi connectivity index (χ3v) is 5.03. The zero-order chi connectivity index (χ0) is 21.9. The van der Waals surface area contributed by atoms with Crippen LogP contribution in [0.15, 0.2) is 30.5 Å². The minimum atomic E-state index is -4.79. The van der Waals surface area contributed by atoms with E-state index in [2.05, 4.69) is 20.6 Å². The standard InChI is InChI=1S/C20H23F4N5O/c1-29(2)17-9-10-25-19(28-17)27-14-6-4-13(5-7-14)26-18(30)12-3-8-15(16(21)11-12)20(22,23)24/h3,8-11,13-14H,4-7H2,1-2H3,(H,26,30)(H,25,27,28)/t13-,14+. The van der Waals surface area contributed by atoms with E-state index in [1.165, 1.54) is 0 Å². The Hall–Kier alpha value is -2.91. The van der Waals surface area contributed by atoms with Gasteiger partial charge in [0.25, 0.3) is 5.91 Å². The number of hydrogen-bond acceptors (Lipinski definition) is 5. The van der Waals surface area contributed by atoms with E-state index in [1.807, 2.05) is 25.1 Å². The molecule has 6 nitrogen and oxygen atoms in total. The number of rotatable bonds is 5. The molecule has 1 fully saturated rings. The minimum absolute atomic E-state index is 0.130. The third-order valence-electron chi connectivity index (χ3n) is 5.03. The largest absolute Gasteiger partial charge is 0.419 e. The van der Waals surface area contributed by atoms with Crippen molar-refractivity contribution in [1.82, 2.24) is 15.3 Å². The van der Waals surface area contributed by atoms with Gasteiger partial charge in [0.05, 0.1) is 5.56 Å². The Labute approximate surface area is 171 Å². The fraction of sp³-hybridized carbons (Fsp3) is 0.450. The molecule has 2 aromatic rings. The maximum Gasteiger partial charge on any atom is 0.419 e. The van der Waals surface area contributed by atoms with Crippen molar-refractivity contribution in [2.24, 2.45) is 0 Å². The van der Waals surface area contributed by atoms with Crippen LogP contribution in [0, 0.1) is 5.82 Å². The summed E-state index contributed by atoms with van der Waals surface area (Å²) in [4.78, 5) is 22.8. The lowest BCUT2D eigenvalue weighted by atomic mass is 9.91. The molecule has 10 heteroatoms. The van der Waals surface area contributed by atoms with Crippen molar-refractivity contribution < 1.29 is 22.4 Å². The molecule has 1 aromatic heterocycles. The molecule has 1 aromatic carbocycles. The molecule has 0 bridgehead atoms. The van der Waals surface area contributed by atoms with E-state index >= 15 is 0 Å². The van der Waals surface area contributed by atoms with Crippen LogP contribution in [0.25, 0.3) is 0 Å². The molecular formula is C20H23F4N5O. The number of carbonyl (C=O) groups excluding carboxylic acids is 1. The van der Waals surface area contributed by atoms with Gasteiger partial charge in [-0.15, -0.1) is 0 Å². The Kier molecular flexibility index (Phi) is 6.42. The maximum atomic E-state index is 13.7. The summed E-state index contributed by atoms with van der Waals surface area (Å²) in [6.07, 6.45) is -0.219. The van der Waals surface area contributed by atoms with Gasteiger partial charge in [0.1, 0.15) is 11.6 Å². The Balaban J connectivity index is 1.53. The van der Waals surface area contributed by atoms with Crippen LogP contribution in [0.4, 0.5) is 29.3 Å². The molecule has 1 aliphatic rings. The molecule has 3 rings (SSSR count). The molecule has 0 saturated heterocycles. The number of hydrogen-bond donors (Lipinski definition) is 2. The van der Waals surface area contributed by atoms with Crippen LogP contribution in [-0.4, -0.2) is 42.1 Å². The van der Waals surface area contributed by atoms with E-state index in [4.69, 9.17) is 0 Å². The van der Waals surface area contributed by atoms with Gasteiger partial charge in [0, 0.05) is 37.9 Å². The fourth-order valence-corrected chi connectivity index (χ4v) is 3.39. The molecule has 0 spiro atoms. The van der Waals surface area contributed by atoms with Gasteiger partial charge in [-0.05, 0) is 49.9 Å². The van der Waals surface area contributed by atoms with Crippen molar-refractivity contribution in [2.75, 3.05) is 24.3 Å². The van der Waals surface area contributed by atoms with E-state index < -0.39 is 23.5 Å². The summed E-state index contributed by atoms with van der Waals surface area (Å²) in [5, 5.41) is 6.07. The fourth-order valence-electron chi connectivity index (χ4n) is 3.39. The zero-order valence-corrected chi connectivity index (χ0v) is 16.6.